The van der Waals surface area contributed by atoms with Gasteiger partial charge in [0.1, 0.15) is 5.82 Å². The molecule has 2 aliphatic carbocycles. The van der Waals surface area contributed by atoms with E-state index in [-0.39, 0.29) is 17.8 Å². The van der Waals surface area contributed by atoms with Crippen LogP contribution in [0.5, 0.6) is 0 Å². The number of benzene rings is 1. The molecule has 1 aromatic rings. The summed E-state index contributed by atoms with van der Waals surface area (Å²) in [5, 5.41) is 13.1. The first-order valence-corrected chi connectivity index (χ1v) is 7.34. The highest BCUT2D eigenvalue weighted by atomic mass is 35.5. The first-order chi connectivity index (χ1) is 9.56. The lowest BCUT2D eigenvalue weighted by Crippen LogP contribution is -2.43. The average molecular weight is 298 g/mol. The topological polar surface area (TPSA) is 49.3 Å². The Bertz CT molecular complexity index is 537. The van der Waals surface area contributed by atoms with Gasteiger partial charge >= 0.3 is 5.97 Å². The van der Waals surface area contributed by atoms with Crippen LogP contribution in [0.15, 0.2) is 18.2 Å². The minimum atomic E-state index is -0.708. The van der Waals surface area contributed by atoms with Gasteiger partial charge in [-0.3, -0.25) is 4.79 Å². The molecule has 0 saturated heterocycles. The Labute approximate surface area is 122 Å². The predicted octanol–water partition coefficient (Wildman–Crippen LogP) is 3.07. The number of fused-ring (bicyclic) bond motifs is 2. The monoisotopic (exact) mass is 297 g/mol. The molecular weight excluding hydrogens is 281 g/mol. The van der Waals surface area contributed by atoms with E-state index in [9.17, 15) is 14.3 Å². The van der Waals surface area contributed by atoms with Gasteiger partial charge in [-0.15, -0.1) is 0 Å². The van der Waals surface area contributed by atoms with Crippen molar-refractivity contribution in [2.75, 3.05) is 0 Å². The van der Waals surface area contributed by atoms with Crippen LogP contribution in [0.4, 0.5) is 4.39 Å². The normalized spacial score (nSPS) is 31.7. The summed E-state index contributed by atoms with van der Waals surface area (Å²) < 4.78 is 13.0. The Morgan fingerprint density at radius 2 is 2.15 bits per heavy atom. The Kier molecular flexibility index (Phi) is 3.69. The first kappa shape index (κ1) is 13.8. The van der Waals surface area contributed by atoms with Crippen LogP contribution in [0.3, 0.4) is 0 Å². The lowest BCUT2D eigenvalue weighted by molar-refractivity contribution is -0.144. The number of halogens is 2. The summed E-state index contributed by atoms with van der Waals surface area (Å²) in [7, 11) is 0. The van der Waals surface area contributed by atoms with Crippen molar-refractivity contribution < 1.29 is 14.3 Å². The van der Waals surface area contributed by atoms with Gasteiger partial charge in [-0.05, 0) is 48.8 Å². The standard InChI is InChI=1S/C15H17ClFNO2/c16-12-6-11(17)4-3-10(12)7-18-14-9-2-1-8(5-9)13(14)15(19)20/h3-4,6,8-9,13-14,18H,1-2,5,7H2,(H,19,20). The molecule has 3 nitrogen and oxygen atoms in total. The van der Waals surface area contributed by atoms with Crippen molar-refractivity contribution >= 4 is 17.6 Å². The third-order valence-electron chi connectivity index (χ3n) is 4.74. The molecule has 5 heteroatoms. The molecule has 4 unspecified atom stereocenters. The van der Waals surface area contributed by atoms with Crippen LogP contribution < -0.4 is 5.32 Å². The van der Waals surface area contributed by atoms with E-state index in [0.717, 1.165) is 24.8 Å². The molecule has 0 aromatic heterocycles. The van der Waals surface area contributed by atoms with Crippen molar-refractivity contribution in [1.29, 1.82) is 0 Å². The molecule has 2 saturated carbocycles. The lowest BCUT2D eigenvalue weighted by atomic mass is 9.84. The minimum absolute atomic E-state index is 0.00682. The molecule has 3 rings (SSSR count). The van der Waals surface area contributed by atoms with Gasteiger partial charge in [-0.25, -0.2) is 4.39 Å². The summed E-state index contributed by atoms with van der Waals surface area (Å²) in [6, 6.07) is 4.31. The third-order valence-corrected chi connectivity index (χ3v) is 5.10. The molecule has 2 fully saturated rings. The van der Waals surface area contributed by atoms with E-state index in [1.807, 2.05) is 0 Å². The fraction of sp³-hybridized carbons (Fsp3) is 0.533. The van der Waals surface area contributed by atoms with E-state index < -0.39 is 5.97 Å². The van der Waals surface area contributed by atoms with Crippen LogP contribution >= 0.6 is 11.6 Å². The number of nitrogens with one attached hydrogen (secondary N) is 1. The van der Waals surface area contributed by atoms with Crippen molar-refractivity contribution in [1.82, 2.24) is 5.32 Å². The molecule has 2 N–H and O–H groups in total. The number of aliphatic carboxylic acids is 1. The Morgan fingerprint density at radius 3 is 2.85 bits per heavy atom. The highest BCUT2D eigenvalue weighted by Crippen LogP contribution is 2.48. The number of rotatable bonds is 4. The van der Waals surface area contributed by atoms with E-state index in [1.54, 1.807) is 6.07 Å². The highest BCUT2D eigenvalue weighted by Gasteiger charge is 2.50. The van der Waals surface area contributed by atoms with Crippen LogP contribution in [0.2, 0.25) is 5.02 Å². The zero-order valence-electron chi connectivity index (χ0n) is 11.0. The molecule has 2 aliphatic rings. The molecule has 108 valence electrons. The van der Waals surface area contributed by atoms with Crippen molar-refractivity contribution in [2.45, 2.75) is 31.8 Å². The number of hydrogen-bond acceptors (Lipinski definition) is 2. The van der Waals surface area contributed by atoms with Gasteiger partial charge in [-0.1, -0.05) is 17.7 Å². The molecule has 4 atom stereocenters. The molecule has 20 heavy (non-hydrogen) atoms. The van der Waals surface area contributed by atoms with E-state index in [0.29, 0.717) is 23.4 Å². The molecule has 0 heterocycles. The largest absolute Gasteiger partial charge is 0.481 e. The van der Waals surface area contributed by atoms with Gasteiger partial charge in [-0.2, -0.15) is 0 Å². The second-order valence-electron chi connectivity index (χ2n) is 5.84. The molecule has 0 spiro atoms. The fourth-order valence-corrected chi connectivity index (χ4v) is 4.07. The zero-order valence-corrected chi connectivity index (χ0v) is 11.7. The van der Waals surface area contributed by atoms with Crippen LogP contribution in [0.25, 0.3) is 0 Å². The van der Waals surface area contributed by atoms with Gasteiger partial charge in [0.05, 0.1) is 5.92 Å². The Hall–Kier alpha value is -1.13. The van der Waals surface area contributed by atoms with Crippen molar-refractivity contribution in [3.63, 3.8) is 0 Å². The predicted molar refractivity (Wildman–Crippen MR) is 74.0 cm³/mol. The number of carboxylic acids is 1. The second kappa shape index (κ2) is 5.34. The van der Waals surface area contributed by atoms with Crippen molar-refractivity contribution in [2.24, 2.45) is 17.8 Å². The summed E-state index contributed by atoms with van der Waals surface area (Å²) >= 11 is 6.00. The summed E-state index contributed by atoms with van der Waals surface area (Å²) in [4.78, 5) is 11.4. The van der Waals surface area contributed by atoms with Crippen LogP contribution in [0.1, 0.15) is 24.8 Å². The SMILES string of the molecule is O=C(O)C1C2CCC(C2)C1NCc1ccc(F)cc1Cl. The van der Waals surface area contributed by atoms with Crippen LogP contribution in [-0.4, -0.2) is 17.1 Å². The summed E-state index contributed by atoms with van der Waals surface area (Å²) in [6.45, 7) is 0.483. The fourth-order valence-electron chi connectivity index (χ4n) is 3.83. The number of carboxylic acid groups (broad SMARTS) is 1. The van der Waals surface area contributed by atoms with Gasteiger partial charge in [0.15, 0.2) is 0 Å². The molecule has 0 radical (unpaired) electrons. The number of carbonyl (C=O) groups is 1. The second-order valence-corrected chi connectivity index (χ2v) is 6.25. The first-order valence-electron chi connectivity index (χ1n) is 6.96. The van der Waals surface area contributed by atoms with Gasteiger partial charge in [0.25, 0.3) is 0 Å². The van der Waals surface area contributed by atoms with E-state index >= 15 is 0 Å². The van der Waals surface area contributed by atoms with Crippen LogP contribution in [-0.2, 0) is 11.3 Å². The van der Waals surface area contributed by atoms with Gasteiger partial charge < -0.3 is 10.4 Å². The smallest absolute Gasteiger partial charge is 0.308 e. The van der Waals surface area contributed by atoms with Crippen molar-refractivity contribution in [3.05, 3.63) is 34.6 Å². The lowest BCUT2D eigenvalue weighted by Gasteiger charge is -2.29. The zero-order chi connectivity index (χ0) is 14.3. The van der Waals surface area contributed by atoms with Gasteiger partial charge in [0, 0.05) is 17.6 Å². The molecule has 0 amide bonds. The Balaban J connectivity index is 1.70. The third kappa shape index (κ3) is 2.42. The Morgan fingerprint density at radius 1 is 1.40 bits per heavy atom. The van der Waals surface area contributed by atoms with E-state index in [2.05, 4.69) is 5.32 Å². The van der Waals surface area contributed by atoms with Crippen molar-refractivity contribution in [3.8, 4) is 0 Å². The number of hydrogen-bond donors (Lipinski definition) is 2. The maximum Gasteiger partial charge on any atom is 0.308 e. The quantitative estimate of drug-likeness (QED) is 0.898. The average Bonchev–Trinajstić information content (AvgIpc) is 2.97. The molecule has 1 aromatic carbocycles. The summed E-state index contributed by atoms with van der Waals surface area (Å²) in [5.74, 6) is -0.617. The maximum absolute atomic E-state index is 13.0. The summed E-state index contributed by atoms with van der Waals surface area (Å²) in [6.07, 6.45) is 3.13. The summed E-state index contributed by atoms with van der Waals surface area (Å²) in [5.41, 5.74) is 0.806. The molecule has 2 bridgehead atoms. The molecule has 0 aliphatic heterocycles. The van der Waals surface area contributed by atoms with Gasteiger partial charge in [0.2, 0.25) is 0 Å². The molecular formula is C15H17ClFNO2. The van der Waals surface area contributed by atoms with E-state index in [1.165, 1.54) is 12.1 Å². The van der Waals surface area contributed by atoms with E-state index in [4.69, 9.17) is 11.6 Å². The van der Waals surface area contributed by atoms with Crippen LogP contribution in [0, 0.1) is 23.6 Å². The highest BCUT2D eigenvalue weighted by molar-refractivity contribution is 6.31. The minimum Gasteiger partial charge on any atom is -0.481 e. The maximum atomic E-state index is 13.0.